The minimum atomic E-state index is -0.903. The molecular formula is C55H94MgO6. The molecule has 1 aromatic carbocycles. The molecule has 6 nitrogen and oxygen atoms in total. The van der Waals surface area contributed by atoms with Gasteiger partial charge in [-0.1, -0.05) is 213 Å². The van der Waals surface area contributed by atoms with Crippen molar-refractivity contribution in [2.24, 2.45) is 17.3 Å². The second-order valence-electron chi connectivity index (χ2n) is 19.9. The first kappa shape index (κ1) is 58.4. The summed E-state index contributed by atoms with van der Waals surface area (Å²) in [6.45, 7) is 7.05. The monoisotopic (exact) mass is 875 g/mol. The molecule has 4 rings (SSSR count). The molecule has 2 saturated carbocycles. The summed E-state index contributed by atoms with van der Waals surface area (Å²) in [7, 11) is 0. The molecule has 0 aromatic heterocycles. The van der Waals surface area contributed by atoms with Gasteiger partial charge in [-0.15, -0.1) is 0 Å². The number of unbranched alkanes of at least 4 members (excludes halogenated alkanes) is 28. The van der Waals surface area contributed by atoms with Crippen LogP contribution in [0.1, 0.15) is 292 Å². The Hall–Kier alpha value is -1.60. The Kier molecular flexibility index (Phi) is 35.4. The number of carbonyl (C=O) groups excluding carboxylic acids is 2. The van der Waals surface area contributed by atoms with Gasteiger partial charge in [-0.3, -0.25) is 0 Å². The van der Waals surface area contributed by atoms with E-state index >= 15 is 0 Å². The first-order chi connectivity index (χ1) is 29.6. The van der Waals surface area contributed by atoms with Gasteiger partial charge in [-0.2, -0.15) is 0 Å². The standard InChI is InChI=1S/C19H24O2.2C18H36O2.Mg/c1-19-9-2-3-17(19)16-7-4-12-11-13(18(20)21)5-6-14(12)15(16)8-10-19;2*1-2-3-4-5-6-7-8-9-10-11-12-13-14-15-16-17-18(19)20;/h5-6,11,15-17H,2-4,7-10H2,1H3,(H,20,21);2*2-17H2,1H3,(H,19,20);/q;;;+2/p-2/t15-,16-,17+,19+;;;/m1.../s1. The van der Waals surface area contributed by atoms with E-state index in [1.54, 1.807) is 0 Å². The number of hydrogen-bond donors (Lipinski definition) is 1. The van der Waals surface area contributed by atoms with E-state index in [4.69, 9.17) is 0 Å². The normalized spacial score (nSPS) is 19.7. The number of rotatable bonds is 33. The van der Waals surface area contributed by atoms with Gasteiger partial charge in [0.2, 0.25) is 0 Å². The molecule has 1 N–H and O–H groups in total. The fourth-order valence-electron chi connectivity index (χ4n) is 11.0. The zero-order valence-electron chi connectivity index (χ0n) is 40.7. The van der Waals surface area contributed by atoms with E-state index < -0.39 is 17.9 Å². The van der Waals surface area contributed by atoms with Crippen LogP contribution < -0.4 is 10.2 Å². The van der Waals surface area contributed by atoms with Gasteiger partial charge >= 0.3 is 29.0 Å². The van der Waals surface area contributed by atoms with Crippen molar-refractivity contribution in [3.05, 3.63) is 34.9 Å². The third-order valence-corrected chi connectivity index (χ3v) is 14.7. The first-order valence-corrected chi connectivity index (χ1v) is 26.4. The van der Waals surface area contributed by atoms with Crippen molar-refractivity contribution in [3.8, 4) is 0 Å². The van der Waals surface area contributed by atoms with Crippen LogP contribution in [0.5, 0.6) is 0 Å². The Morgan fingerprint density at radius 3 is 1.32 bits per heavy atom. The molecule has 1 aromatic rings. The second-order valence-corrected chi connectivity index (χ2v) is 19.9. The number of aromatic carboxylic acids is 1. The number of carbonyl (C=O) groups is 3. The minimum absolute atomic E-state index is 0. The fourth-order valence-corrected chi connectivity index (χ4v) is 11.0. The third-order valence-electron chi connectivity index (χ3n) is 14.7. The molecule has 0 amide bonds. The van der Waals surface area contributed by atoms with E-state index in [0.717, 1.165) is 43.9 Å². The predicted molar refractivity (Wildman–Crippen MR) is 257 cm³/mol. The van der Waals surface area contributed by atoms with E-state index in [-0.39, 0.29) is 35.9 Å². The minimum Gasteiger partial charge on any atom is -0.550 e. The summed E-state index contributed by atoms with van der Waals surface area (Å²) < 4.78 is 0. The maximum Gasteiger partial charge on any atom is 2.00 e. The average Bonchev–Trinajstić information content (AvgIpc) is 3.65. The Morgan fingerprint density at radius 2 is 0.952 bits per heavy atom. The maximum absolute atomic E-state index is 11.2. The number of aliphatic carboxylic acids is 2. The van der Waals surface area contributed by atoms with Crippen molar-refractivity contribution in [1.82, 2.24) is 0 Å². The van der Waals surface area contributed by atoms with Gasteiger partial charge in [0.1, 0.15) is 0 Å². The van der Waals surface area contributed by atoms with Gasteiger partial charge in [-0.05, 0) is 111 Å². The zero-order valence-corrected chi connectivity index (χ0v) is 42.2. The molecular weight excluding hydrogens is 781 g/mol. The SMILES string of the molecule is CCCCCCCCCCCCCCCCCC(=O)[O-].CCCCCCCCCCCCCCCCCC(=O)[O-].C[C@@]12CCC[C@H]1[C@@H]1CCc3cc(C(=O)O)ccc3[C@H]1CC2.[Mg+2]. The zero-order chi connectivity index (χ0) is 44.4. The fraction of sp³-hybridized carbons (Fsp3) is 0.836. The van der Waals surface area contributed by atoms with Crippen molar-refractivity contribution in [2.75, 3.05) is 0 Å². The van der Waals surface area contributed by atoms with Crippen LogP contribution in [-0.4, -0.2) is 46.1 Å². The quantitative estimate of drug-likeness (QED) is 0.0555. The Bertz CT molecular complexity index is 1240. The summed E-state index contributed by atoms with van der Waals surface area (Å²) in [6.07, 6.45) is 49.0. The van der Waals surface area contributed by atoms with Crippen LogP contribution in [0.15, 0.2) is 18.2 Å². The van der Waals surface area contributed by atoms with Crippen LogP contribution in [0.2, 0.25) is 0 Å². The van der Waals surface area contributed by atoms with Gasteiger partial charge in [0, 0.05) is 11.9 Å². The van der Waals surface area contributed by atoms with Gasteiger partial charge in [0.05, 0.1) is 5.56 Å². The van der Waals surface area contributed by atoms with E-state index in [9.17, 15) is 29.7 Å². The molecule has 0 aliphatic heterocycles. The van der Waals surface area contributed by atoms with Crippen molar-refractivity contribution < 1.29 is 29.7 Å². The summed E-state index contributed by atoms with van der Waals surface area (Å²) >= 11 is 0. The van der Waals surface area contributed by atoms with Crippen molar-refractivity contribution in [3.63, 3.8) is 0 Å². The Balaban J connectivity index is 0.000000462. The van der Waals surface area contributed by atoms with E-state index in [1.807, 2.05) is 12.1 Å². The van der Waals surface area contributed by atoms with Crippen LogP contribution in [-0.2, 0) is 16.0 Å². The van der Waals surface area contributed by atoms with E-state index in [1.165, 1.54) is 217 Å². The number of carboxylic acids is 3. The molecule has 7 heteroatoms. The smallest absolute Gasteiger partial charge is 0.550 e. The second kappa shape index (κ2) is 37.6. The first-order valence-electron chi connectivity index (χ1n) is 26.4. The summed E-state index contributed by atoms with van der Waals surface area (Å²) in [5, 5.41) is 29.6. The number of benzene rings is 1. The molecule has 0 radical (unpaired) electrons. The van der Waals surface area contributed by atoms with E-state index in [0.29, 0.717) is 16.9 Å². The molecule has 0 saturated heterocycles. The van der Waals surface area contributed by atoms with Crippen LogP contribution in [0.25, 0.3) is 0 Å². The van der Waals surface area contributed by atoms with Crippen molar-refractivity contribution in [1.29, 1.82) is 0 Å². The molecule has 0 bridgehead atoms. The maximum atomic E-state index is 11.2. The van der Waals surface area contributed by atoms with Gasteiger partial charge in [0.15, 0.2) is 0 Å². The van der Waals surface area contributed by atoms with Crippen LogP contribution in [0.4, 0.5) is 0 Å². The van der Waals surface area contributed by atoms with Crippen LogP contribution in [0.3, 0.4) is 0 Å². The van der Waals surface area contributed by atoms with Crippen LogP contribution >= 0.6 is 0 Å². The summed E-state index contributed by atoms with van der Waals surface area (Å²) in [5.74, 6) is -0.169. The van der Waals surface area contributed by atoms with E-state index in [2.05, 4.69) is 26.8 Å². The topological polar surface area (TPSA) is 118 Å². The molecule has 0 spiro atoms. The summed E-state index contributed by atoms with van der Waals surface area (Å²) in [4.78, 5) is 31.6. The van der Waals surface area contributed by atoms with Crippen molar-refractivity contribution in [2.45, 2.75) is 277 Å². The molecule has 2 fully saturated rings. The molecule has 3 aliphatic rings. The molecule has 62 heavy (non-hydrogen) atoms. The van der Waals surface area contributed by atoms with Gasteiger partial charge in [0.25, 0.3) is 0 Å². The molecule has 3 aliphatic carbocycles. The Morgan fingerprint density at radius 1 is 0.565 bits per heavy atom. The number of hydrogen-bond acceptors (Lipinski definition) is 5. The molecule has 4 atom stereocenters. The number of fused-ring (bicyclic) bond motifs is 5. The van der Waals surface area contributed by atoms with Crippen LogP contribution in [0, 0.1) is 17.3 Å². The third kappa shape index (κ3) is 26.4. The van der Waals surface area contributed by atoms with Crippen molar-refractivity contribution >= 4 is 41.0 Å². The summed E-state index contributed by atoms with van der Waals surface area (Å²) in [6, 6.07) is 5.86. The number of aryl methyl sites for hydroxylation is 1. The van der Waals surface area contributed by atoms with Gasteiger partial charge < -0.3 is 24.9 Å². The average molecular weight is 876 g/mol. The molecule has 0 unspecified atom stereocenters. The number of carboxylic acid groups (broad SMARTS) is 3. The summed E-state index contributed by atoms with van der Waals surface area (Å²) in [5.41, 5.74) is 3.82. The molecule has 352 valence electrons. The van der Waals surface area contributed by atoms with Gasteiger partial charge in [-0.25, -0.2) is 4.79 Å². The molecule has 0 heterocycles. The Labute approximate surface area is 397 Å². The predicted octanol–water partition coefficient (Wildman–Crippen LogP) is 14.2. The largest absolute Gasteiger partial charge is 2.00 e.